The number of benzene rings is 4. The van der Waals surface area contributed by atoms with Crippen LogP contribution in [0.1, 0.15) is 33.4 Å². The van der Waals surface area contributed by atoms with E-state index < -0.39 is 12.1 Å². The highest BCUT2D eigenvalue weighted by molar-refractivity contribution is 5.92. The van der Waals surface area contributed by atoms with E-state index in [0.717, 1.165) is 28.9 Å². The molecule has 1 N–H and O–H groups in total. The van der Waals surface area contributed by atoms with Crippen LogP contribution in [0.25, 0.3) is 16.7 Å². The van der Waals surface area contributed by atoms with Gasteiger partial charge in [0.05, 0.1) is 6.54 Å². The third-order valence-electron chi connectivity index (χ3n) is 8.95. The molecule has 1 aliphatic heterocycles. The average molecular weight is 647 g/mol. The smallest absolute Gasteiger partial charge is 0.383 e. The SMILES string of the molecule is O=C(N(Cc1ccccc1)CC1C=C(Cc2ccccc2)c2ccc3c(c2C1)CCc1ccccc1-3)C(F)(F)F.O=C1C=CC=CNC1. The molecule has 0 saturated heterocycles. The first-order valence-corrected chi connectivity index (χ1v) is 16.2. The Labute approximate surface area is 279 Å². The van der Waals surface area contributed by atoms with Gasteiger partial charge in [0.25, 0.3) is 0 Å². The highest BCUT2D eigenvalue weighted by Gasteiger charge is 2.43. The topological polar surface area (TPSA) is 49.4 Å². The van der Waals surface area contributed by atoms with Crippen molar-refractivity contribution in [2.45, 2.75) is 38.4 Å². The molecule has 0 radical (unpaired) electrons. The fraction of sp³-hybridized carbons (Fsp3) is 0.220. The van der Waals surface area contributed by atoms with Gasteiger partial charge < -0.3 is 10.2 Å². The van der Waals surface area contributed by atoms with Crippen LogP contribution >= 0.6 is 0 Å². The summed E-state index contributed by atoms with van der Waals surface area (Å²) < 4.78 is 41.2. The second kappa shape index (κ2) is 14.7. The first-order valence-electron chi connectivity index (χ1n) is 16.2. The number of fused-ring (bicyclic) bond motifs is 5. The van der Waals surface area contributed by atoms with Gasteiger partial charge in [-0.2, -0.15) is 13.2 Å². The van der Waals surface area contributed by atoms with Crippen LogP contribution in [0.2, 0.25) is 0 Å². The summed E-state index contributed by atoms with van der Waals surface area (Å²) in [6.45, 7) is 0.350. The predicted octanol–water partition coefficient (Wildman–Crippen LogP) is 8.07. The minimum atomic E-state index is -4.93. The number of nitrogens with zero attached hydrogens (tertiary/aromatic N) is 1. The fourth-order valence-corrected chi connectivity index (χ4v) is 6.80. The molecule has 4 nitrogen and oxygen atoms in total. The number of carbonyl (C=O) groups excluding carboxylic acids is 2. The molecule has 0 bridgehead atoms. The lowest BCUT2D eigenvalue weighted by molar-refractivity contribution is -0.186. The third-order valence-corrected chi connectivity index (χ3v) is 8.95. The number of aryl methyl sites for hydroxylation is 1. The molecule has 7 rings (SSSR count). The van der Waals surface area contributed by atoms with Crippen molar-refractivity contribution in [3.8, 4) is 11.1 Å². The molecule has 2 aliphatic carbocycles. The number of halogens is 3. The van der Waals surface area contributed by atoms with Gasteiger partial charge in [-0.15, -0.1) is 0 Å². The summed E-state index contributed by atoms with van der Waals surface area (Å²) >= 11 is 0. The third kappa shape index (κ3) is 7.85. The summed E-state index contributed by atoms with van der Waals surface area (Å²) in [7, 11) is 0. The zero-order valence-corrected chi connectivity index (χ0v) is 26.5. The molecule has 1 heterocycles. The molecule has 244 valence electrons. The zero-order valence-electron chi connectivity index (χ0n) is 26.5. The lowest BCUT2D eigenvalue weighted by Gasteiger charge is -2.33. The number of allylic oxidation sites excluding steroid dienone is 3. The Morgan fingerprint density at radius 1 is 0.771 bits per heavy atom. The molecule has 7 heteroatoms. The van der Waals surface area contributed by atoms with Crippen LogP contribution in [0.15, 0.2) is 128 Å². The largest absolute Gasteiger partial charge is 0.471 e. The van der Waals surface area contributed by atoms with E-state index in [9.17, 15) is 22.8 Å². The quantitative estimate of drug-likeness (QED) is 0.231. The average Bonchev–Trinajstić information content (AvgIpc) is 3.35. The van der Waals surface area contributed by atoms with Gasteiger partial charge in [-0.1, -0.05) is 109 Å². The lowest BCUT2D eigenvalue weighted by atomic mass is 9.75. The van der Waals surface area contributed by atoms with Gasteiger partial charge in [-0.25, -0.2) is 0 Å². The van der Waals surface area contributed by atoms with Gasteiger partial charge >= 0.3 is 12.1 Å². The number of hydrogen-bond donors (Lipinski definition) is 1. The van der Waals surface area contributed by atoms with Crippen LogP contribution in [-0.4, -0.2) is 35.9 Å². The van der Waals surface area contributed by atoms with E-state index in [1.165, 1.54) is 33.4 Å². The van der Waals surface area contributed by atoms with E-state index >= 15 is 0 Å². The normalized spacial score (nSPS) is 16.2. The van der Waals surface area contributed by atoms with E-state index in [0.29, 0.717) is 24.9 Å². The first-order chi connectivity index (χ1) is 23.3. The van der Waals surface area contributed by atoms with Crippen LogP contribution in [0.5, 0.6) is 0 Å². The van der Waals surface area contributed by atoms with Crippen molar-refractivity contribution >= 4 is 17.3 Å². The van der Waals surface area contributed by atoms with Crippen LogP contribution in [0.3, 0.4) is 0 Å². The summed E-state index contributed by atoms with van der Waals surface area (Å²) in [6.07, 6.45) is 7.14. The number of hydrogen-bond acceptors (Lipinski definition) is 3. The van der Waals surface area contributed by atoms with Crippen LogP contribution in [0.4, 0.5) is 13.2 Å². The van der Waals surface area contributed by atoms with Crippen molar-refractivity contribution in [1.29, 1.82) is 0 Å². The maximum atomic E-state index is 13.7. The van der Waals surface area contributed by atoms with Crippen molar-refractivity contribution in [3.63, 3.8) is 0 Å². The summed E-state index contributed by atoms with van der Waals surface area (Å²) in [4.78, 5) is 24.1. The molecular weight excluding hydrogens is 609 g/mol. The number of ketones is 1. The molecule has 0 saturated carbocycles. The van der Waals surface area contributed by atoms with Gasteiger partial charge in [0.1, 0.15) is 0 Å². The van der Waals surface area contributed by atoms with Crippen molar-refractivity contribution in [2.75, 3.05) is 13.1 Å². The minimum absolute atomic E-state index is 0.00518. The molecule has 4 aromatic carbocycles. The van der Waals surface area contributed by atoms with Crippen LogP contribution in [-0.2, 0) is 41.8 Å². The zero-order chi connectivity index (χ0) is 33.5. The van der Waals surface area contributed by atoms with Crippen molar-refractivity contribution < 1.29 is 22.8 Å². The Bertz CT molecular complexity index is 1860. The van der Waals surface area contributed by atoms with E-state index in [4.69, 9.17) is 0 Å². The minimum Gasteiger partial charge on any atom is -0.383 e. The Balaban J connectivity index is 0.000000441. The lowest BCUT2D eigenvalue weighted by Crippen LogP contribution is -2.43. The number of amides is 1. The number of rotatable bonds is 6. The molecule has 3 aliphatic rings. The van der Waals surface area contributed by atoms with Crippen molar-refractivity contribution in [1.82, 2.24) is 10.2 Å². The summed E-state index contributed by atoms with van der Waals surface area (Å²) in [5, 5.41) is 2.80. The van der Waals surface area contributed by atoms with Gasteiger partial charge in [0.15, 0.2) is 5.78 Å². The number of nitrogens with one attached hydrogen (secondary N) is 1. The highest BCUT2D eigenvalue weighted by Crippen LogP contribution is 2.42. The molecule has 1 unspecified atom stereocenters. The molecule has 4 aromatic rings. The Morgan fingerprint density at radius 2 is 1.46 bits per heavy atom. The molecule has 0 aromatic heterocycles. The van der Waals surface area contributed by atoms with Gasteiger partial charge in [0.2, 0.25) is 0 Å². The number of carbonyl (C=O) groups is 2. The molecule has 48 heavy (non-hydrogen) atoms. The van der Waals surface area contributed by atoms with Crippen molar-refractivity contribution in [3.05, 3.63) is 161 Å². The second-order valence-corrected chi connectivity index (χ2v) is 12.3. The van der Waals surface area contributed by atoms with Crippen LogP contribution in [0, 0.1) is 5.92 Å². The van der Waals surface area contributed by atoms with E-state index in [1.807, 2.05) is 24.3 Å². The summed E-state index contributed by atoms with van der Waals surface area (Å²) in [6, 6.07) is 31.9. The Kier molecular flexibility index (Phi) is 10.0. The Morgan fingerprint density at radius 3 is 2.21 bits per heavy atom. The van der Waals surface area contributed by atoms with E-state index in [2.05, 4.69) is 59.9 Å². The molecule has 1 atom stereocenters. The maximum Gasteiger partial charge on any atom is 0.471 e. The van der Waals surface area contributed by atoms with Crippen LogP contribution < -0.4 is 5.32 Å². The fourth-order valence-electron chi connectivity index (χ4n) is 6.80. The van der Waals surface area contributed by atoms with E-state index in [-0.39, 0.29) is 24.8 Å². The summed E-state index contributed by atoms with van der Waals surface area (Å²) in [5.41, 5.74) is 10.4. The molecular formula is C41H37F3N2O2. The summed E-state index contributed by atoms with van der Waals surface area (Å²) in [5.74, 6) is -1.90. The predicted molar refractivity (Wildman–Crippen MR) is 184 cm³/mol. The van der Waals surface area contributed by atoms with Gasteiger partial charge in [0, 0.05) is 13.1 Å². The molecule has 0 fully saturated rings. The van der Waals surface area contributed by atoms with Gasteiger partial charge in [-0.05, 0) is 100 Å². The maximum absolute atomic E-state index is 13.7. The highest BCUT2D eigenvalue weighted by atomic mass is 19.4. The van der Waals surface area contributed by atoms with Gasteiger partial charge in [-0.3, -0.25) is 9.59 Å². The second-order valence-electron chi connectivity index (χ2n) is 12.3. The van der Waals surface area contributed by atoms with Crippen molar-refractivity contribution in [2.24, 2.45) is 5.92 Å². The molecule has 1 amide bonds. The monoisotopic (exact) mass is 646 g/mol. The number of alkyl halides is 3. The standard InChI is InChI=1S/C35H30F3NO.C6H7NO/c36-35(37,38)34(40)39(22-25-11-5-2-6-12-25)23-26-20-28(19-24-9-3-1-4-10-24)30-17-18-31-29-14-8-7-13-27(29)15-16-32(31)33(30)21-26;8-6-3-1-2-4-7-5-6/h1-14,17-18,20,26H,15-16,19,21-23H2;1-4,7H,5H2. The van der Waals surface area contributed by atoms with E-state index in [1.54, 1.807) is 48.7 Å². The Hall–Kier alpha value is -5.17. The molecule has 0 spiro atoms. The first kappa shape index (κ1) is 32.8.